The Morgan fingerprint density at radius 1 is 1.26 bits per heavy atom. The molecule has 1 unspecified atom stereocenters. The molecule has 1 fully saturated rings. The highest BCUT2D eigenvalue weighted by Crippen LogP contribution is 2.19. The van der Waals surface area contributed by atoms with Gasteiger partial charge in [0.05, 0.1) is 0 Å². The minimum absolute atomic E-state index is 0.0901. The number of hydrogen-bond donors (Lipinski definition) is 1. The molecule has 3 nitrogen and oxygen atoms in total. The zero-order valence-corrected chi connectivity index (χ0v) is 11.4. The molecule has 0 bridgehead atoms. The molecule has 1 N–H and O–H groups in total. The lowest BCUT2D eigenvalue weighted by Gasteiger charge is -2.20. The van der Waals surface area contributed by atoms with Crippen LogP contribution in [0, 0.1) is 5.92 Å². The van der Waals surface area contributed by atoms with Crippen molar-refractivity contribution in [2.75, 3.05) is 6.54 Å². The summed E-state index contributed by atoms with van der Waals surface area (Å²) in [7, 11) is 0. The Hall–Kier alpha value is -1.48. The fourth-order valence-corrected chi connectivity index (χ4v) is 2.52. The number of carbonyl (C=O) groups excluding carboxylic acids is 2. The van der Waals surface area contributed by atoms with Crippen LogP contribution in [-0.4, -0.2) is 18.1 Å². The Morgan fingerprint density at radius 2 is 2.00 bits per heavy atom. The van der Waals surface area contributed by atoms with Gasteiger partial charge in [-0.15, -0.1) is 0 Å². The highest BCUT2D eigenvalue weighted by molar-refractivity contribution is 5.94. The molecule has 0 spiro atoms. The summed E-state index contributed by atoms with van der Waals surface area (Å²) in [6.07, 6.45) is 4.00. The summed E-state index contributed by atoms with van der Waals surface area (Å²) < 4.78 is 0. The molecule has 0 radical (unpaired) electrons. The second kappa shape index (κ2) is 6.62. The van der Waals surface area contributed by atoms with E-state index in [4.69, 9.17) is 0 Å². The third-order valence-electron chi connectivity index (χ3n) is 3.76. The molecule has 1 aromatic carbocycles. The van der Waals surface area contributed by atoms with Crippen molar-refractivity contribution < 1.29 is 9.59 Å². The van der Waals surface area contributed by atoms with Crippen LogP contribution in [0.2, 0.25) is 0 Å². The minimum atomic E-state index is 0.0901. The molecule has 0 aliphatic heterocycles. The number of benzene rings is 1. The van der Waals surface area contributed by atoms with E-state index in [0.29, 0.717) is 5.78 Å². The molecule has 0 amide bonds. The van der Waals surface area contributed by atoms with Gasteiger partial charge in [-0.3, -0.25) is 9.59 Å². The Labute approximate surface area is 114 Å². The summed E-state index contributed by atoms with van der Waals surface area (Å²) >= 11 is 0. The lowest BCUT2D eigenvalue weighted by atomic mass is 9.88. The van der Waals surface area contributed by atoms with Gasteiger partial charge in [0.15, 0.2) is 5.78 Å². The van der Waals surface area contributed by atoms with E-state index in [9.17, 15) is 9.59 Å². The van der Waals surface area contributed by atoms with Crippen LogP contribution < -0.4 is 5.32 Å². The molecule has 1 aliphatic carbocycles. The molecule has 0 aromatic heterocycles. The van der Waals surface area contributed by atoms with Crippen LogP contribution in [-0.2, 0) is 11.3 Å². The Bertz CT molecular complexity index is 450. The van der Waals surface area contributed by atoms with Crippen molar-refractivity contribution in [2.45, 2.75) is 39.2 Å². The maximum Gasteiger partial charge on any atom is 0.159 e. The fourth-order valence-electron chi connectivity index (χ4n) is 2.52. The summed E-state index contributed by atoms with van der Waals surface area (Å²) in [5.41, 5.74) is 1.89. The largest absolute Gasteiger partial charge is 0.312 e. The minimum Gasteiger partial charge on any atom is -0.312 e. The number of hydrogen-bond acceptors (Lipinski definition) is 3. The Morgan fingerprint density at radius 3 is 2.63 bits per heavy atom. The van der Waals surface area contributed by atoms with E-state index in [0.717, 1.165) is 43.5 Å². The van der Waals surface area contributed by atoms with Crippen LogP contribution >= 0.6 is 0 Å². The van der Waals surface area contributed by atoms with Crippen LogP contribution in [0.5, 0.6) is 0 Å². The first-order valence-electron chi connectivity index (χ1n) is 7.00. The predicted molar refractivity (Wildman–Crippen MR) is 75.1 cm³/mol. The molecule has 2 rings (SSSR count). The van der Waals surface area contributed by atoms with Crippen LogP contribution in [0.1, 0.15) is 48.5 Å². The molecule has 1 aliphatic rings. The maximum atomic E-state index is 11.7. The standard InChI is InChI=1S/C16H21NO2/c1-12(18)14-8-6-13(7-9-14)10-17-11-15-4-2-3-5-16(15)19/h6-9,15,17H,2-5,10-11H2,1H3. The Balaban J connectivity index is 1.79. The van der Waals surface area contributed by atoms with Gasteiger partial charge in [0.25, 0.3) is 0 Å². The van der Waals surface area contributed by atoms with Gasteiger partial charge < -0.3 is 5.32 Å². The lowest BCUT2D eigenvalue weighted by molar-refractivity contribution is -0.124. The summed E-state index contributed by atoms with van der Waals surface area (Å²) in [4.78, 5) is 22.8. The van der Waals surface area contributed by atoms with Crippen molar-refractivity contribution in [1.82, 2.24) is 5.32 Å². The third-order valence-corrected chi connectivity index (χ3v) is 3.76. The topological polar surface area (TPSA) is 46.2 Å². The third kappa shape index (κ3) is 4.00. The van der Waals surface area contributed by atoms with Crippen molar-refractivity contribution in [3.05, 3.63) is 35.4 Å². The van der Waals surface area contributed by atoms with E-state index in [1.807, 2.05) is 24.3 Å². The van der Waals surface area contributed by atoms with E-state index in [-0.39, 0.29) is 11.7 Å². The molecular formula is C16H21NO2. The quantitative estimate of drug-likeness (QED) is 0.827. The number of Topliss-reactive ketones (excluding diaryl/α,β-unsaturated/α-hetero) is 2. The Kier molecular flexibility index (Phi) is 4.86. The normalized spacial score (nSPS) is 19.4. The van der Waals surface area contributed by atoms with Crippen LogP contribution in [0.25, 0.3) is 0 Å². The first-order chi connectivity index (χ1) is 9.16. The predicted octanol–water partition coefficient (Wildman–Crippen LogP) is 2.74. The smallest absolute Gasteiger partial charge is 0.159 e. The molecule has 102 valence electrons. The number of nitrogens with one attached hydrogen (secondary N) is 1. The first-order valence-corrected chi connectivity index (χ1v) is 7.00. The second-order valence-corrected chi connectivity index (χ2v) is 5.29. The average molecular weight is 259 g/mol. The van der Waals surface area contributed by atoms with Crippen molar-refractivity contribution in [2.24, 2.45) is 5.92 Å². The van der Waals surface area contributed by atoms with Gasteiger partial charge in [0.1, 0.15) is 5.78 Å². The van der Waals surface area contributed by atoms with Gasteiger partial charge in [-0.25, -0.2) is 0 Å². The van der Waals surface area contributed by atoms with E-state index < -0.39 is 0 Å². The highest BCUT2D eigenvalue weighted by Gasteiger charge is 2.21. The van der Waals surface area contributed by atoms with Crippen LogP contribution in [0.3, 0.4) is 0 Å². The molecule has 1 aromatic rings. The molecular weight excluding hydrogens is 238 g/mol. The first kappa shape index (κ1) is 13.9. The zero-order valence-electron chi connectivity index (χ0n) is 11.4. The summed E-state index contributed by atoms with van der Waals surface area (Å²) in [6, 6.07) is 7.63. The number of ketones is 2. The number of carbonyl (C=O) groups is 2. The van der Waals surface area contributed by atoms with Crippen LogP contribution in [0.4, 0.5) is 0 Å². The van der Waals surface area contributed by atoms with E-state index in [1.54, 1.807) is 6.92 Å². The van der Waals surface area contributed by atoms with Gasteiger partial charge >= 0.3 is 0 Å². The van der Waals surface area contributed by atoms with Crippen molar-refractivity contribution in [3.63, 3.8) is 0 Å². The summed E-state index contributed by atoms with van der Waals surface area (Å²) in [5, 5.41) is 3.34. The molecule has 3 heteroatoms. The van der Waals surface area contributed by atoms with Crippen molar-refractivity contribution in [3.8, 4) is 0 Å². The SMILES string of the molecule is CC(=O)c1ccc(CNCC2CCCCC2=O)cc1. The van der Waals surface area contributed by atoms with Crippen molar-refractivity contribution in [1.29, 1.82) is 0 Å². The summed E-state index contributed by atoms with van der Waals surface area (Å²) in [5.74, 6) is 0.697. The monoisotopic (exact) mass is 259 g/mol. The number of rotatable bonds is 5. The fraction of sp³-hybridized carbons (Fsp3) is 0.500. The van der Waals surface area contributed by atoms with E-state index in [1.165, 1.54) is 6.42 Å². The maximum absolute atomic E-state index is 11.7. The molecule has 0 saturated heterocycles. The summed E-state index contributed by atoms with van der Waals surface area (Å²) in [6.45, 7) is 3.09. The molecule has 1 saturated carbocycles. The second-order valence-electron chi connectivity index (χ2n) is 5.29. The molecule has 1 atom stereocenters. The molecule has 19 heavy (non-hydrogen) atoms. The van der Waals surface area contributed by atoms with Gasteiger partial charge in [-0.2, -0.15) is 0 Å². The highest BCUT2D eigenvalue weighted by atomic mass is 16.1. The van der Waals surface area contributed by atoms with Crippen LogP contribution in [0.15, 0.2) is 24.3 Å². The van der Waals surface area contributed by atoms with Gasteiger partial charge in [0.2, 0.25) is 0 Å². The van der Waals surface area contributed by atoms with Gasteiger partial charge in [-0.1, -0.05) is 30.7 Å². The zero-order chi connectivity index (χ0) is 13.7. The average Bonchev–Trinajstić information content (AvgIpc) is 2.41. The van der Waals surface area contributed by atoms with Crippen molar-refractivity contribution >= 4 is 11.6 Å². The van der Waals surface area contributed by atoms with E-state index in [2.05, 4.69) is 5.32 Å². The van der Waals surface area contributed by atoms with Gasteiger partial charge in [-0.05, 0) is 25.3 Å². The van der Waals surface area contributed by atoms with Gasteiger partial charge in [0, 0.05) is 31.0 Å². The van der Waals surface area contributed by atoms with E-state index >= 15 is 0 Å². The molecule has 0 heterocycles. The lowest BCUT2D eigenvalue weighted by Crippen LogP contribution is -2.30.